The van der Waals surface area contributed by atoms with Crippen LogP contribution >= 0.6 is 0 Å². The fourth-order valence-electron chi connectivity index (χ4n) is 2.58. The van der Waals surface area contributed by atoms with Crippen molar-refractivity contribution in [2.45, 2.75) is 20.0 Å². The van der Waals surface area contributed by atoms with Gasteiger partial charge in [0.1, 0.15) is 0 Å². The van der Waals surface area contributed by atoms with E-state index in [4.69, 9.17) is 0 Å². The topological polar surface area (TPSA) is 60.9 Å². The molecule has 2 amide bonds. The van der Waals surface area contributed by atoms with E-state index < -0.39 is 11.8 Å². The lowest BCUT2D eigenvalue weighted by Gasteiger charge is -2.26. The Hall–Kier alpha value is -2.66. The van der Waals surface area contributed by atoms with Gasteiger partial charge in [0.05, 0.1) is 6.61 Å². The lowest BCUT2D eigenvalue weighted by molar-refractivity contribution is -0.152. The maximum absolute atomic E-state index is 12.7. The molecule has 0 aliphatic heterocycles. The summed E-state index contributed by atoms with van der Waals surface area (Å²) in [6.45, 7) is 2.92. The molecule has 0 saturated carbocycles. The monoisotopic (exact) mass is 340 g/mol. The van der Waals surface area contributed by atoms with Crippen LogP contribution in [0, 0.1) is 0 Å². The highest BCUT2D eigenvalue weighted by Gasteiger charge is 2.26. The number of likely N-dealkylation sites (N-methyl/N-ethyl adjacent to an activating group) is 1. The predicted octanol–water partition coefficient (Wildman–Crippen LogP) is 2.06. The molecule has 5 nitrogen and oxygen atoms in total. The van der Waals surface area contributed by atoms with Gasteiger partial charge >= 0.3 is 11.8 Å². The molecule has 2 rings (SSSR count). The Morgan fingerprint density at radius 2 is 1.24 bits per heavy atom. The maximum atomic E-state index is 12.7. The Morgan fingerprint density at radius 3 is 1.68 bits per heavy atom. The van der Waals surface area contributed by atoms with Crippen LogP contribution in [0.2, 0.25) is 0 Å². The molecule has 0 saturated heterocycles. The van der Waals surface area contributed by atoms with Crippen molar-refractivity contribution in [2.24, 2.45) is 0 Å². The van der Waals surface area contributed by atoms with Gasteiger partial charge in [-0.25, -0.2) is 0 Å². The summed E-state index contributed by atoms with van der Waals surface area (Å²) in [4.78, 5) is 28.2. The number of aliphatic hydroxyl groups is 1. The lowest BCUT2D eigenvalue weighted by atomic mass is 10.2. The molecular weight excluding hydrogens is 316 g/mol. The normalized spacial score (nSPS) is 10.3. The summed E-state index contributed by atoms with van der Waals surface area (Å²) in [5, 5.41) is 9.26. The van der Waals surface area contributed by atoms with Gasteiger partial charge in [0.2, 0.25) is 0 Å². The van der Waals surface area contributed by atoms with E-state index in [1.54, 1.807) is 0 Å². The van der Waals surface area contributed by atoms with Crippen LogP contribution in [0.15, 0.2) is 60.7 Å². The first kappa shape index (κ1) is 18.7. The second kappa shape index (κ2) is 9.59. The van der Waals surface area contributed by atoms with Crippen molar-refractivity contribution in [3.05, 3.63) is 71.8 Å². The van der Waals surface area contributed by atoms with Gasteiger partial charge in [0.15, 0.2) is 0 Å². The van der Waals surface area contributed by atoms with Gasteiger partial charge in [-0.3, -0.25) is 9.59 Å². The molecule has 0 fully saturated rings. The summed E-state index contributed by atoms with van der Waals surface area (Å²) >= 11 is 0. The van der Waals surface area contributed by atoms with Gasteiger partial charge in [-0.2, -0.15) is 0 Å². The summed E-state index contributed by atoms with van der Waals surface area (Å²) in [7, 11) is 0. The number of rotatable bonds is 7. The van der Waals surface area contributed by atoms with E-state index in [1.807, 2.05) is 67.6 Å². The number of carbonyl (C=O) groups excluding carboxylic acids is 2. The number of amides is 2. The van der Waals surface area contributed by atoms with Crippen LogP contribution < -0.4 is 0 Å². The van der Waals surface area contributed by atoms with Crippen LogP contribution in [0.25, 0.3) is 0 Å². The average Bonchev–Trinajstić information content (AvgIpc) is 2.66. The average molecular weight is 340 g/mol. The van der Waals surface area contributed by atoms with Crippen molar-refractivity contribution in [3.8, 4) is 0 Å². The lowest BCUT2D eigenvalue weighted by Crippen LogP contribution is -2.45. The largest absolute Gasteiger partial charge is 0.395 e. The van der Waals surface area contributed by atoms with Gasteiger partial charge < -0.3 is 14.9 Å². The molecule has 0 radical (unpaired) electrons. The Labute approximate surface area is 148 Å². The molecule has 5 heteroatoms. The second-order valence-electron chi connectivity index (χ2n) is 5.74. The summed E-state index contributed by atoms with van der Waals surface area (Å²) in [5.74, 6) is -1.13. The molecule has 132 valence electrons. The Balaban J connectivity index is 2.08. The number of hydrogen-bond donors (Lipinski definition) is 1. The van der Waals surface area contributed by atoms with Crippen molar-refractivity contribution >= 4 is 11.8 Å². The quantitative estimate of drug-likeness (QED) is 0.785. The number of nitrogens with zero attached hydrogens (tertiary/aromatic N) is 2. The molecule has 0 atom stereocenters. The Bertz CT molecular complexity index is 674. The van der Waals surface area contributed by atoms with Crippen molar-refractivity contribution in [3.63, 3.8) is 0 Å². The number of benzene rings is 2. The predicted molar refractivity (Wildman–Crippen MR) is 96.5 cm³/mol. The summed E-state index contributed by atoms with van der Waals surface area (Å²) < 4.78 is 0. The van der Waals surface area contributed by atoms with Gasteiger partial charge in [0.25, 0.3) is 0 Å². The highest BCUT2D eigenvalue weighted by Crippen LogP contribution is 2.09. The van der Waals surface area contributed by atoms with E-state index in [2.05, 4.69) is 0 Å². The third kappa shape index (κ3) is 5.43. The number of aliphatic hydroxyl groups excluding tert-OH is 1. The molecular formula is C20H24N2O3. The SMILES string of the molecule is CCN(Cc1ccccc1)C(=O)C(=O)N(CCO)Cc1ccccc1. The maximum Gasteiger partial charge on any atom is 0.312 e. The first-order valence-electron chi connectivity index (χ1n) is 8.42. The number of hydrogen-bond acceptors (Lipinski definition) is 3. The highest BCUT2D eigenvalue weighted by atomic mass is 16.3. The fourth-order valence-corrected chi connectivity index (χ4v) is 2.58. The summed E-state index contributed by atoms with van der Waals surface area (Å²) in [5.41, 5.74) is 1.89. The van der Waals surface area contributed by atoms with Crippen molar-refractivity contribution in [1.82, 2.24) is 9.80 Å². The van der Waals surface area contributed by atoms with Crippen LogP contribution in [-0.2, 0) is 22.7 Å². The van der Waals surface area contributed by atoms with Gasteiger partial charge in [0, 0.05) is 26.2 Å². The first-order valence-corrected chi connectivity index (χ1v) is 8.42. The second-order valence-corrected chi connectivity index (χ2v) is 5.74. The number of carbonyl (C=O) groups is 2. The third-order valence-corrected chi connectivity index (χ3v) is 3.94. The zero-order valence-electron chi connectivity index (χ0n) is 14.5. The van der Waals surface area contributed by atoms with Gasteiger partial charge in [-0.1, -0.05) is 60.7 Å². The Morgan fingerprint density at radius 1 is 0.800 bits per heavy atom. The fraction of sp³-hybridized carbons (Fsp3) is 0.300. The van der Waals surface area contributed by atoms with Crippen LogP contribution in [-0.4, -0.2) is 46.4 Å². The van der Waals surface area contributed by atoms with E-state index in [0.717, 1.165) is 11.1 Å². The van der Waals surface area contributed by atoms with Crippen LogP contribution in [0.4, 0.5) is 0 Å². The molecule has 0 bridgehead atoms. The Kier molecular flexibility index (Phi) is 7.16. The van der Waals surface area contributed by atoms with Gasteiger partial charge in [-0.15, -0.1) is 0 Å². The molecule has 0 spiro atoms. The molecule has 0 heterocycles. The standard InChI is InChI=1S/C20H24N2O3/c1-2-21(15-17-9-5-3-6-10-17)19(24)20(25)22(13-14-23)16-18-11-7-4-8-12-18/h3-12,23H,2,13-16H2,1H3. The van der Waals surface area contributed by atoms with E-state index in [0.29, 0.717) is 19.6 Å². The molecule has 2 aromatic carbocycles. The molecule has 2 aromatic rings. The van der Waals surface area contributed by atoms with E-state index in [9.17, 15) is 14.7 Å². The summed E-state index contributed by atoms with van der Waals surface area (Å²) in [6, 6.07) is 19.0. The van der Waals surface area contributed by atoms with Crippen molar-refractivity contribution in [1.29, 1.82) is 0 Å². The van der Waals surface area contributed by atoms with E-state index in [1.165, 1.54) is 9.80 Å². The molecule has 0 aliphatic rings. The zero-order chi connectivity index (χ0) is 18.1. The van der Waals surface area contributed by atoms with Crippen LogP contribution in [0.1, 0.15) is 18.1 Å². The van der Waals surface area contributed by atoms with Crippen LogP contribution in [0.3, 0.4) is 0 Å². The molecule has 0 aliphatic carbocycles. The minimum Gasteiger partial charge on any atom is -0.395 e. The minimum absolute atomic E-state index is 0.127. The highest BCUT2D eigenvalue weighted by molar-refractivity contribution is 6.34. The van der Waals surface area contributed by atoms with Crippen molar-refractivity contribution in [2.75, 3.05) is 19.7 Å². The van der Waals surface area contributed by atoms with Crippen molar-refractivity contribution < 1.29 is 14.7 Å². The minimum atomic E-state index is -0.587. The van der Waals surface area contributed by atoms with Crippen LogP contribution in [0.5, 0.6) is 0 Å². The molecule has 0 unspecified atom stereocenters. The first-order chi connectivity index (χ1) is 12.2. The smallest absolute Gasteiger partial charge is 0.312 e. The molecule has 25 heavy (non-hydrogen) atoms. The zero-order valence-corrected chi connectivity index (χ0v) is 14.5. The van der Waals surface area contributed by atoms with E-state index in [-0.39, 0.29) is 13.2 Å². The summed E-state index contributed by atoms with van der Waals surface area (Å²) in [6.07, 6.45) is 0. The third-order valence-electron chi connectivity index (χ3n) is 3.94. The van der Waals surface area contributed by atoms with E-state index >= 15 is 0 Å². The molecule has 0 aromatic heterocycles. The van der Waals surface area contributed by atoms with Gasteiger partial charge in [-0.05, 0) is 18.1 Å². The molecule has 1 N–H and O–H groups in total.